The molecular formula is C34H42O20. The normalized spacial score (nSPS) is 37.2. The van der Waals surface area contributed by atoms with Gasteiger partial charge in [0.15, 0.2) is 12.1 Å². The molecule has 3 aliphatic rings. The number of phenolic OH excluding ortho intramolecular Hbond substituents is 1. The van der Waals surface area contributed by atoms with E-state index in [2.05, 4.69) is 0 Å². The van der Waals surface area contributed by atoms with Crippen molar-refractivity contribution in [3.8, 4) is 34.3 Å². The van der Waals surface area contributed by atoms with Crippen molar-refractivity contribution in [2.75, 3.05) is 20.3 Å². The lowest BCUT2D eigenvalue weighted by molar-refractivity contribution is -0.323. The third-order valence-electron chi connectivity index (χ3n) is 9.47. The molecule has 298 valence electrons. The third-order valence-corrected chi connectivity index (χ3v) is 9.47. The molecule has 0 amide bonds. The second kappa shape index (κ2) is 16.2. The van der Waals surface area contributed by atoms with Crippen molar-refractivity contribution >= 4 is 11.0 Å². The van der Waals surface area contributed by atoms with Gasteiger partial charge in [0.2, 0.25) is 23.8 Å². The lowest BCUT2D eigenvalue weighted by Crippen LogP contribution is -2.62. The first-order valence-electron chi connectivity index (χ1n) is 16.8. The summed E-state index contributed by atoms with van der Waals surface area (Å²) in [7, 11) is 1.39. The van der Waals surface area contributed by atoms with Crippen LogP contribution in [0.2, 0.25) is 0 Å². The fourth-order valence-corrected chi connectivity index (χ4v) is 6.29. The molecule has 0 saturated carbocycles. The number of benzene rings is 2. The molecule has 3 aliphatic heterocycles. The molecular weight excluding hydrogens is 728 g/mol. The first-order chi connectivity index (χ1) is 25.6. The molecule has 0 bridgehead atoms. The van der Waals surface area contributed by atoms with Gasteiger partial charge in [-0.1, -0.05) is 12.1 Å². The summed E-state index contributed by atoms with van der Waals surface area (Å²) in [4.78, 5) is 14.1. The summed E-state index contributed by atoms with van der Waals surface area (Å²) in [6.45, 7) is 0.0197. The van der Waals surface area contributed by atoms with Gasteiger partial charge in [0, 0.05) is 17.7 Å². The van der Waals surface area contributed by atoms with E-state index in [1.54, 1.807) is 12.1 Å². The molecule has 20 heteroatoms. The van der Waals surface area contributed by atoms with E-state index in [1.165, 1.54) is 32.2 Å². The Morgan fingerprint density at radius 2 is 1.30 bits per heavy atom. The summed E-state index contributed by atoms with van der Waals surface area (Å²) < 4.78 is 44.9. The number of aliphatic hydroxyl groups is 10. The minimum atomic E-state index is -2.00. The minimum Gasteiger partial charge on any atom is -0.507 e. The van der Waals surface area contributed by atoms with Crippen molar-refractivity contribution in [3.63, 3.8) is 0 Å². The number of ether oxygens (including phenoxy) is 7. The third kappa shape index (κ3) is 7.59. The van der Waals surface area contributed by atoms with Crippen molar-refractivity contribution < 1.29 is 93.7 Å². The van der Waals surface area contributed by atoms with Crippen molar-refractivity contribution in [1.29, 1.82) is 0 Å². The van der Waals surface area contributed by atoms with E-state index >= 15 is 0 Å². The zero-order chi connectivity index (χ0) is 39.2. The summed E-state index contributed by atoms with van der Waals surface area (Å²) in [5, 5.41) is 114. The Labute approximate surface area is 305 Å². The van der Waals surface area contributed by atoms with E-state index < -0.39 is 128 Å². The Morgan fingerprint density at radius 3 is 1.96 bits per heavy atom. The van der Waals surface area contributed by atoms with E-state index in [1.807, 2.05) is 0 Å². The van der Waals surface area contributed by atoms with Gasteiger partial charge in [0.05, 0.1) is 26.4 Å². The van der Waals surface area contributed by atoms with Crippen LogP contribution >= 0.6 is 0 Å². The highest BCUT2D eigenvalue weighted by Gasteiger charge is 2.48. The Bertz CT molecular complexity index is 1820. The zero-order valence-electron chi connectivity index (χ0n) is 28.6. The molecule has 1 aromatic heterocycles. The Balaban J connectivity index is 1.33. The number of methoxy groups -OCH3 is 1. The smallest absolute Gasteiger partial charge is 0.239 e. The van der Waals surface area contributed by atoms with Gasteiger partial charge in [-0.25, -0.2) is 0 Å². The van der Waals surface area contributed by atoms with E-state index in [9.17, 15) is 61.0 Å². The first-order valence-corrected chi connectivity index (χ1v) is 16.8. The first kappa shape index (κ1) is 40.0. The molecule has 2 aromatic carbocycles. The van der Waals surface area contributed by atoms with Crippen LogP contribution in [0.4, 0.5) is 0 Å². The van der Waals surface area contributed by atoms with Gasteiger partial charge in [0.1, 0.15) is 95.4 Å². The predicted molar refractivity (Wildman–Crippen MR) is 176 cm³/mol. The van der Waals surface area contributed by atoms with Crippen molar-refractivity contribution in [3.05, 3.63) is 46.6 Å². The van der Waals surface area contributed by atoms with E-state index in [0.29, 0.717) is 5.75 Å². The lowest BCUT2D eigenvalue weighted by Gasteiger charge is -2.42. The summed E-state index contributed by atoms with van der Waals surface area (Å²) in [5.41, 5.74) is -1.10. The zero-order valence-corrected chi connectivity index (χ0v) is 28.6. The standard InChI is InChI=1S/C34H42O20/c1-11-20(37)24(41)28(45)33(49-11)50-14-7-15(36)19-16(8-14)51-30(12-4-3-5-13(6-12)47-2)31(23(19)40)54-34-29(46)26(43)22(39)18(53-34)10-48-32-27(44)25(42)21(38)17(9-35)52-32/h3-8,11,17-18,20-22,24-29,32-39,41-46H,9-10H2,1-2H3/t11-,17+,18+,20-,21+,22+,24+,25-,26-,27+,28+,29+,32+,33-,34-/m0/s1. The molecule has 4 heterocycles. The summed E-state index contributed by atoms with van der Waals surface area (Å²) in [6, 6.07) is 8.29. The van der Waals surface area contributed by atoms with Crippen LogP contribution in [0.15, 0.2) is 45.6 Å². The van der Waals surface area contributed by atoms with Gasteiger partial charge >= 0.3 is 0 Å². The van der Waals surface area contributed by atoms with Crippen LogP contribution in [-0.4, -0.2) is 169 Å². The SMILES string of the molecule is COc1cccc(-c2oc3cc(O[C@@H]4O[C@@H](C)[C@H](O)[C@@H](O)[C@H]4O)cc(O)c3c(=O)c2O[C@@H]2O[C@H](CO[C@@H]3O[C@H](CO)[C@@H](O)[C@H](O)[C@H]3O)[C@@H](O)[C@H](O)[C@H]2O)c1. The highest BCUT2D eigenvalue weighted by atomic mass is 16.7. The van der Waals surface area contributed by atoms with Crippen LogP contribution < -0.4 is 19.6 Å². The van der Waals surface area contributed by atoms with Crippen LogP contribution in [0.25, 0.3) is 22.3 Å². The fraction of sp³-hybridized carbons (Fsp3) is 0.559. The van der Waals surface area contributed by atoms with Gasteiger partial charge in [0.25, 0.3) is 0 Å². The molecule has 0 radical (unpaired) electrons. The van der Waals surface area contributed by atoms with Gasteiger partial charge in [-0.2, -0.15) is 0 Å². The van der Waals surface area contributed by atoms with Crippen molar-refractivity contribution in [1.82, 2.24) is 0 Å². The number of hydrogen-bond acceptors (Lipinski definition) is 20. The number of phenols is 1. The van der Waals surface area contributed by atoms with Crippen LogP contribution in [0.1, 0.15) is 6.92 Å². The van der Waals surface area contributed by atoms with Gasteiger partial charge in [-0.15, -0.1) is 0 Å². The van der Waals surface area contributed by atoms with E-state index in [-0.39, 0.29) is 22.7 Å². The highest BCUT2D eigenvalue weighted by Crippen LogP contribution is 2.39. The molecule has 20 nitrogen and oxygen atoms in total. The molecule has 54 heavy (non-hydrogen) atoms. The maximum Gasteiger partial charge on any atom is 0.239 e. The molecule has 15 atom stereocenters. The molecule has 3 aromatic rings. The van der Waals surface area contributed by atoms with Gasteiger partial charge in [-0.05, 0) is 19.1 Å². The van der Waals surface area contributed by atoms with E-state index in [4.69, 9.17) is 37.6 Å². The van der Waals surface area contributed by atoms with Crippen LogP contribution in [0.3, 0.4) is 0 Å². The fourth-order valence-electron chi connectivity index (χ4n) is 6.29. The van der Waals surface area contributed by atoms with Gasteiger partial charge < -0.3 is 93.7 Å². The number of aliphatic hydroxyl groups excluding tert-OH is 10. The topological polar surface area (TPSA) is 317 Å². The number of aromatic hydroxyl groups is 1. The molecule has 3 fully saturated rings. The summed E-state index contributed by atoms with van der Waals surface area (Å²) in [6.07, 6.45) is -24.7. The number of fused-ring (bicyclic) bond motifs is 1. The summed E-state index contributed by atoms with van der Waals surface area (Å²) >= 11 is 0. The molecule has 0 aliphatic carbocycles. The summed E-state index contributed by atoms with van der Waals surface area (Å²) in [5.74, 6) is -1.51. The Hall–Kier alpha value is -3.71. The predicted octanol–water partition coefficient (Wildman–Crippen LogP) is -3.62. The minimum absolute atomic E-state index is 0.180. The maximum atomic E-state index is 14.1. The average Bonchev–Trinajstić information content (AvgIpc) is 3.16. The Morgan fingerprint density at radius 1 is 0.685 bits per heavy atom. The van der Waals surface area contributed by atoms with Crippen molar-refractivity contribution in [2.45, 2.75) is 99.0 Å². The monoisotopic (exact) mass is 770 g/mol. The number of rotatable bonds is 10. The van der Waals surface area contributed by atoms with Crippen LogP contribution in [0, 0.1) is 0 Å². The second-order valence-corrected chi connectivity index (χ2v) is 13.1. The second-order valence-electron chi connectivity index (χ2n) is 13.1. The Kier molecular flexibility index (Phi) is 12.0. The number of hydrogen-bond donors (Lipinski definition) is 11. The lowest BCUT2D eigenvalue weighted by atomic mass is 9.98. The van der Waals surface area contributed by atoms with E-state index in [0.717, 1.165) is 6.07 Å². The molecule has 6 rings (SSSR count). The molecule has 0 unspecified atom stereocenters. The highest BCUT2D eigenvalue weighted by molar-refractivity contribution is 5.88. The van der Waals surface area contributed by atoms with Crippen LogP contribution in [0.5, 0.6) is 23.0 Å². The molecule has 11 N–H and O–H groups in total. The molecule has 0 spiro atoms. The van der Waals surface area contributed by atoms with Crippen LogP contribution in [-0.2, 0) is 18.9 Å². The maximum absolute atomic E-state index is 14.1. The average molecular weight is 771 g/mol. The van der Waals surface area contributed by atoms with Gasteiger partial charge in [-0.3, -0.25) is 4.79 Å². The molecule has 3 saturated heterocycles. The van der Waals surface area contributed by atoms with Crippen molar-refractivity contribution in [2.24, 2.45) is 0 Å². The quantitative estimate of drug-likeness (QED) is 0.0948. The largest absolute Gasteiger partial charge is 0.507 e.